The van der Waals surface area contributed by atoms with Crippen molar-refractivity contribution < 1.29 is 19.1 Å². The van der Waals surface area contributed by atoms with E-state index in [1.165, 1.54) is 10.8 Å². The minimum Gasteiger partial charge on any atom is -0.457 e. The van der Waals surface area contributed by atoms with Crippen LogP contribution >= 0.6 is 0 Å². The Hall–Kier alpha value is -4.86. The SMILES string of the molecule is CNC(=O)n1ccc2cc(Oc3ccnc(NC(=O)NC(Cc4ccccc4)C(N)=O)c3)ccc21. The molecule has 4 amide bonds. The molecule has 4 rings (SSSR count). The van der Waals surface area contributed by atoms with Gasteiger partial charge in [-0.05, 0) is 35.9 Å². The van der Waals surface area contributed by atoms with E-state index in [9.17, 15) is 14.4 Å². The number of rotatable bonds is 7. The molecular weight excluding hydrogens is 448 g/mol. The van der Waals surface area contributed by atoms with Crippen molar-refractivity contribution in [2.45, 2.75) is 12.5 Å². The van der Waals surface area contributed by atoms with E-state index in [4.69, 9.17) is 10.5 Å². The fourth-order valence-electron chi connectivity index (χ4n) is 3.54. The second-order valence-corrected chi connectivity index (χ2v) is 7.68. The maximum Gasteiger partial charge on any atom is 0.325 e. The lowest BCUT2D eigenvalue weighted by Crippen LogP contribution is -2.47. The van der Waals surface area contributed by atoms with Crippen molar-refractivity contribution in [2.75, 3.05) is 12.4 Å². The Balaban J connectivity index is 1.41. The number of nitrogens with two attached hydrogens (primary N) is 1. The monoisotopic (exact) mass is 472 g/mol. The molecule has 1 atom stereocenters. The van der Waals surface area contributed by atoms with E-state index >= 15 is 0 Å². The molecule has 1 unspecified atom stereocenters. The van der Waals surface area contributed by atoms with Crippen LogP contribution in [-0.4, -0.2) is 40.6 Å². The molecule has 10 heteroatoms. The van der Waals surface area contributed by atoms with Gasteiger partial charge in [-0.1, -0.05) is 30.3 Å². The molecule has 2 heterocycles. The van der Waals surface area contributed by atoms with Crippen molar-refractivity contribution >= 4 is 34.7 Å². The first-order valence-electron chi connectivity index (χ1n) is 10.8. The van der Waals surface area contributed by atoms with Gasteiger partial charge in [0.25, 0.3) is 0 Å². The summed E-state index contributed by atoms with van der Waals surface area (Å²) in [4.78, 5) is 40.3. The number of primary amides is 1. The molecule has 0 bridgehead atoms. The van der Waals surface area contributed by atoms with Gasteiger partial charge in [-0.15, -0.1) is 0 Å². The van der Waals surface area contributed by atoms with Gasteiger partial charge in [0, 0.05) is 37.3 Å². The first-order valence-corrected chi connectivity index (χ1v) is 10.8. The smallest absolute Gasteiger partial charge is 0.325 e. The average molecular weight is 473 g/mol. The van der Waals surface area contributed by atoms with Gasteiger partial charge in [0.05, 0.1) is 5.52 Å². The second-order valence-electron chi connectivity index (χ2n) is 7.68. The molecule has 0 aliphatic heterocycles. The number of anilines is 1. The number of hydrogen-bond donors (Lipinski definition) is 4. The maximum absolute atomic E-state index is 12.5. The van der Waals surface area contributed by atoms with Gasteiger partial charge in [-0.25, -0.2) is 14.6 Å². The van der Waals surface area contributed by atoms with Crippen LogP contribution in [0.5, 0.6) is 11.5 Å². The summed E-state index contributed by atoms with van der Waals surface area (Å²) in [6.07, 6.45) is 3.43. The van der Waals surface area contributed by atoms with Crippen molar-refractivity contribution in [1.82, 2.24) is 20.2 Å². The van der Waals surface area contributed by atoms with Gasteiger partial charge in [0.15, 0.2) is 0 Å². The molecule has 0 spiro atoms. The molecule has 4 aromatic rings. The number of nitrogens with one attached hydrogen (secondary N) is 3. The second kappa shape index (κ2) is 10.4. The van der Waals surface area contributed by atoms with E-state index in [0.717, 1.165) is 16.5 Å². The van der Waals surface area contributed by atoms with Crippen LogP contribution in [0.2, 0.25) is 0 Å². The zero-order chi connectivity index (χ0) is 24.8. The molecule has 0 fully saturated rings. The first-order chi connectivity index (χ1) is 16.9. The number of hydrogen-bond acceptors (Lipinski definition) is 5. The van der Waals surface area contributed by atoms with E-state index in [1.807, 2.05) is 36.4 Å². The molecule has 0 aliphatic rings. The largest absolute Gasteiger partial charge is 0.457 e. The van der Waals surface area contributed by atoms with Gasteiger partial charge < -0.3 is 21.1 Å². The van der Waals surface area contributed by atoms with Crippen LogP contribution in [-0.2, 0) is 11.2 Å². The lowest BCUT2D eigenvalue weighted by Gasteiger charge is -2.16. The van der Waals surface area contributed by atoms with Gasteiger partial charge in [-0.2, -0.15) is 0 Å². The van der Waals surface area contributed by atoms with E-state index in [2.05, 4.69) is 20.9 Å². The lowest BCUT2D eigenvalue weighted by molar-refractivity contribution is -0.119. The average Bonchev–Trinajstić information content (AvgIpc) is 3.27. The molecule has 10 nitrogen and oxygen atoms in total. The lowest BCUT2D eigenvalue weighted by atomic mass is 10.1. The quantitative estimate of drug-likeness (QED) is 0.327. The Bertz CT molecular complexity index is 1370. The van der Waals surface area contributed by atoms with E-state index in [0.29, 0.717) is 11.5 Å². The molecule has 2 aromatic carbocycles. The Morgan fingerprint density at radius 3 is 2.54 bits per heavy atom. The molecule has 35 heavy (non-hydrogen) atoms. The van der Waals surface area contributed by atoms with Gasteiger partial charge in [0.1, 0.15) is 23.4 Å². The van der Waals surface area contributed by atoms with Crippen molar-refractivity contribution in [2.24, 2.45) is 5.73 Å². The molecule has 178 valence electrons. The number of urea groups is 1. The number of aromatic nitrogens is 2. The van der Waals surface area contributed by atoms with Crippen LogP contribution in [0.1, 0.15) is 5.56 Å². The summed E-state index contributed by atoms with van der Waals surface area (Å²) in [6.45, 7) is 0. The molecular formula is C25H24N6O4. The van der Waals surface area contributed by atoms with Crippen LogP contribution in [0, 0.1) is 0 Å². The third-order valence-corrected chi connectivity index (χ3v) is 5.23. The number of carbonyl (C=O) groups is 3. The summed E-state index contributed by atoms with van der Waals surface area (Å²) >= 11 is 0. The van der Waals surface area contributed by atoms with E-state index in [1.54, 1.807) is 43.6 Å². The number of amides is 4. The summed E-state index contributed by atoms with van der Waals surface area (Å²) in [5, 5.41) is 8.59. The summed E-state index contributed by atoms with van der Waals surface area (Å²) in [6, 6.07) is 17.8. The Morgan fingerprint density at radius 1 is 1.03 bits per heavy atom. The van der Waals surface area contributed by atoms with Crippen molar-refractivity contribution in [3.63, 3.8) is 0 Å². The van der Waals surface area contributed by atoms with Crippen LogP contribution in [0.15, 0.2) is 79.1 Å². The third-order valence-electron chi connectivity index (χ3n) is 5.23. The molecule has 5 N–H and O–H groups in total. The standard InChI is InChI=1S/C25H24N6O4/c1-27-25(34)31-12-10-17-14-18(7-8-21(17)31)35-19-9-11-28-22(15-19)30-24(33)29-20(23(26)32)13-16-5-3-2-4-6-16/h2-12,14-15,20H,13H2,1H3,(H2,26,32)(H,27,34)(H2,28,29,30,33). The Labute approximate surface area is 201 Å². The molecule has 0 saturated carbocycles. The van der Waals surface area contributed by atoms with Crippen LogP contribution < -0.4 is 26.4 Å². The minimum absolute atomic E-state index is 0.231. The molecule has 0 radical (unpaired) electrons. The highest BCUT2D eigenvalue weighted by Gasteiger charge is 2.19. The molecule has 2 aromatic heterocycles. The Kier molecular flexibility index (Phi) is 6.91. The van der Waals surface area contributed by atoms with Gasteiger partial charge in [-0.3, -0.25) is 14.7 Å². The van der Waals surface area contributed by atoms with Crippen LogP contribution in [0.25, 0.3) is 10.9 Å². The van der Waals surface area contributed by atoms with Gasteiger partial charge in [0.2, 0.25) is 5.91 Å². The van der Waals surface area contributed by atoms with Crippen molar-refractivity contribution in [1.29, 1.82) is 0 Å². The highest BCUT2D eigenvalue weighted by atomic mass is 16.5. The Morgan fingerprint density at radius 2 is 1.80 bits per heavy atom. The number of pyridine rings is 1. The highest BCUT2D eigenvalue weighted by Crippen LogP contribution is 2.27. The summed E-state index contributed by atoms with van der Waals surface area (Å²) in [5.41, 5.74) is 7.07. The normalized spacial score (nSPS) is 11.5. The number of ether oxygens (including phenoxy) is 1. The summed E-state index contributed by atoms with van der Waals surface area (Å²) in [7, 11) is 1.57. The highest BCUT2D eigenvalue weighted by molar-refractivity contribution is 5.93. The van der Waals surface area contributed by atoms with Crippen molar-refractivity contribution in [3.8, 4) is 11.5 Å². The van der Waals surface area contributed by atoms with Gasteiger partial charge >= 0.3 is 12.1 Å². The summed E-state index contributed by atoms with van der Waals surface area (Å²) in [5.74, 6) is 0.575. The predicted molar refractivity (Wildman–Crippen MR) is 131 cm³/mol. The number of fused-ring (bicyclic) bond motifs is 1. The fourth-order valence-corrected chi connectivity index (χ4v) is 3.54. The van der Waals surface area contributed by atoms with Crippen molar-refractivity contribution in [3.05, 3.63) is 84.7 Å². The van der Waals surface area contributed by atoms with Crippen LogP contribution in [0.3, 0.4) is 0 Å². The predicted octanol–water partition coefficient (Wildman–Crippen LogP) is 3.23. The zero-order valence-corrected chi connectivity index (χ0v) is 18.9. The minimum atomic E-state index is -0.884. The summed E-state index contributed by atoms with van der Waals surface area (Å²) < 4.78 is 7.41. The third kappa shape index (κ3) is 5.74. The zero-order valence-electron chi connectivity index (χ0n) is 18.9. The van der Waals surface area contributed by atoms with E-state index < -0.39 is 18.0 Å². The van der Waals surface area contributed by atoms with E-state index in [-0.39, 0.29) is 18.3 Å². The number of benzene rings is 2. The first kappa shape index (κ1) is 23.3. The molecule has 0 aliphatic carbocycles. The van der Waals surface area contributed by atoms with Crippen LogP contribution in [0.4, 0.5) is 15.4 Å². The number of carbonyl (C=O) groups excluding carboxylic acids is 3. The maximum atomic E-state index is 12.5. The topological polar surface area (TPSA) is 140 Å². The molecule has 0 saturated heterocycles. The fraction of sp³-hybridized carbons (Fsp3) is 0.120. The number of nitrogens with zero attached hydrogens (tertiary/aromatic N) is 2.